The van der Waals surface area contributed by atoms with E-state index in [4.69, 9.17) is 5.73 Å². The van der Waals surface area contributed by atoms with Gasteiger partial charge in [0.1, 0.15) is 0 Å². The van der Waals surface area contributed by atoms with Crippen molar-refractivity contribution >= 4 is 27.4 Å². The molecule has 0 atom stereocenters. The van der Waals surface area contributed by atoms with Crippen molar-refractivity contribution in [3.63, 3.8) is 0 Å². The molecule has 0 unspecified atom stereocenters. The van der Waals surface area contributed by atoms with Gasteiger partial charge in [0.25, 0.3) is 0 Å². The van der Waals surface area contributed by atoms with E-state index >= 15 is 0 Å². The second kappa shape index (κ2) is 4.94. The van der Waals surface area contributed by atoms with Crippen LogP contribution < -0.4 is 5.73 Å². The van der Waals surface area contributed by atoms with Gasteiger partial charge in [0.2, 0.25) is 0 Å². The number of anilines is 1. The van der Waals surface area contributed by atoms with Crippen molar-refractivity contribution in [2.45, 2.75) is 13.8 Å². The van der Waals surface area contributed by atoms with E-state index in [0.29, 0.717) is 16.8 Å². The second-order valence-corrected chi connectivity index (χ2v) is 5.35. The Labute approximate surface area is 115 Å². The van der Waals surface area contributed by atoms with Crippen LogP contribution in [-0.4, -0.2) is 5.78 Å². The Balaban J connectivity index is 2.51. The largest absolute Gasteiger partial charge is 0.398 e. The fourth-order valence-electron chi connectivity index (χ4n) is 1.99. The van der Waals surface area contributed by atoms with Gasteiger partial charge >= 0.3 is 0 Å². The van der Waals surface area contributed by atoms with Crippen molar-refractivity contribution < 1.29 is 4.79 Å². The highest BCUT2D eigenvalue weighted by atomic mass is 79.9. The van der Waals surface area contributed by atoms with Gasteiger partial charge in [0.15, 0.2) is 5.78 Å². The van der Waals surface area contributed by atoms with Crippen LogP contribution in [-0.2, 0) is 0 Å². The Morgan fingerprint density at radius 1 is 1.06 bits per heavy atom. The van der Waals surface area contributed by atoms with E-state index in [1.807, 2.05) is 38.1 Å². The fourth-order valence-corrected chi connectivity index (χ4v) is 2.35. The summed E-state index contributed by atoms with van der Waals surface area (Å²) in [6.45, 7) is 3.96. The predicted octanol–water partition coefficient (Wildman–Crippen LogP) is 3.88. The summed E-state index contributed by atoms with van der Waals surface area (Å²) in [4.78, 5) is 12.4. The maximum atomic E-state index is 12.4. The Morgan fingerprint density at radius 2 is 1.67 bits per heavy atom. The van der Waals surface area contributed by atoms with Gasteiger partial charge in [-0.2, -0.15) is 0 Å². The highest BCUT2D eigenvalue weighted by molar-refractivity contribution is 9.10. The maximum absolute atomic E-state index is 12.4. The van der Waals surface area contributed by atoms with Gasteiger partial charge in [-0.05, 0) is 44.2 Å². The standard InChI is InChI=1S/C15H14BrNO/c1-9-5-10(2)7-11(6-9)15(18)13-8-12(16)3-4-14(13)17/h3-8H,17H2,1-2H3. The average molecular weight is 304 g/mol. The van der Waals surface area contributed by atoms with E-state index in [2.05, 4.69) is 15.9 Å². The van der Waals surface area contributed by atoms with E-state index in [-0.39, 0.29) is 5.78 Å². The van der Waals surface area contributed by atoms with E-state index in [1.165, 1.54) is 0 Å². The molecule has 0 saturated carbocycles. The number of benzene rings is 2. The number of halogens is 1. The topological polar surface area (TPSA) is 43.1 Å². The molecular weight excluding hydrogens is 290 g/mol. The molecule has 0 saturated heterocycles. The maximum Gasteiger partial charge on any atom is 0.195 e. The van der Waals surface area contributed by atoms with Gasteiger partial charge in [0, 0.05) is 21.3 Å². The van der Waals surface area contributed by atoms with Crippen LogP contribution in [0.1, 0.15) is 27.0 Å². The monoisotopic (exact) mass is 303 g/mol. The smallest absolute Gasteiger partial charge is 0.195 e. The van der Waals surface area contributed by atoms with E-state index in [1.54, 1.807) is 12.1 Å². The zero-order valence-corrected chi connectivity index (χ0v) is 11.9. The fraction of sp³-hybridized carbons (Fsp3) is 0.133. The number of hydrogen-bond donors (Lipinski definition) is 1. The number of hydrogen-bond acceptors (Lipinski definition) is 2. The average Bonchev–Trinajstić information content (AvgIpc) is 2.30. The first-order chi connectivity index (χ1) is 8.47. The van der Waals surface area contributed by atoms with Crippen molar-refractivity contribution in [3.05, 3.63) is 63.1 Å². The molecule has 2 aromatic rings. The van der Waals surface area contributed by atoms with Crippen molar-refractivity contribution in [2.24, 2.45) is 0 Å². The molecule has 2 rings (SSSR count). The first-order valence-electron chi connectivity index (χ1n) is 5.65. The summed E-state index contributed by atoms with van der Waals surface area (Å²) in [5.41, 5.74) is 9.73. The number of rotatable bonds is 2. The van der Waals surface area contributed by atoms with Crippen LogP contribution in [0, 0.1) is 13.8 Å². The quantitative estimate of drug-likeness (QED) is 0.676. The molecule has 2 N–H and O–H groups in total. The number of carbonyl (C=O) groups is 1. The van der Waals surface area contributed by atoms with Crippen LogP contribution in [0.3, 0.4) is 0 Å². The highest BCUT2D eigenvalue weighted by Crippen LogP contribution is 2.22. The third-order valence-corrected chi connectivity index (χ3v) is 3.24. The van der Waals surface area contributed by atoms with Gasteiger partial charge in [0.05, 0.1) is 0 Å². The molecule has 0 amide bonds. The molecule has 2 aromatic carbocycles. The van der Waals surface area contributed by atoms with Gasteiger partial charge in [-0.15, -0.1) is 0 Å². The first kappa shape index (κ1) is 12.8. The minimum absolute atomic E-state index is 0.0411. The zero-order valence-electron chi connectivity index (χ0n) is 10.3. The van der Waals surface area contributed by atoms with Gasteiger partial charge in [-0.1, -0.05) is 33.1 Å². The lowest BCUT2D eigenvalue weighted by Gasteiger charge is -2.07. The van der Waals surface area contributed by atoms with Crippen molar-refractivity contribution in [2.75, 3.05) is 5.73 Å². The lowest BCUT2D eigenvalue weighted by molar-refractivity contribution is 0.103. The third kappa shape index (κ3) is 2.62. The Morgan fingerprint density at radius 3 is 2.28 bits per heavy atom. The van der Waals surface area contributed by atoms with E-state index in [9.17, 15) is 4.79 Å². The number of nitrogens with two attached hydrogens (primary N) is 1. The molecule has 0 radical (unpaired) electrons. The summed E-state index contributed by atoms with van der Waals surface area (Å²) in [6.07, 6.45) is 0. The summed E-state index contributed by atoms with van der Waals surface area (Å²) in [6, 6.07) is 11.1. The first-order valence-corrected chi connectivity index (χ1v) is 6.44. The second-order valence-electron chi connectivity index (χ2n) is 4.44. The minimum Gasteiger partial charge on any atom is -0.398 e. The van der Waals surface area contributed by atoms with Crippen LogP contribution in [0.25, 0.3) is 0 Å². The summed E-state index contributed by atoms with van der Waals surface area (Å²) in [5.74, 6) is -0.0411. The van der Waals surface area contributed by atoms with E-state index < -0.39 is 0 Å². The van der Waals surface area contributed by atoms with Crippen LogP contribution >= 0.6 is 15.9 Å². The van der Waals surface area contributed by atoms with Crippen LogP contribution in [0.4, 0.5) is 5.69 Å². The van der Waals surface area contributed by atoms with Crippen molar-refractivity contribution in [1.82, 2.24) is 0 Å². The molecule has 0 heterocycles. The van der Waals surface area contributed by atoms with Crippen molar-refractivity contribution in [3.8, 4) is 0 Å². The minimum atomic E-state index is -0.0411. The summed E-state index contributed by atoms with van der Waals surface area (Å²) >= 11 is 3.36. The number of ketones is 1. The number of carbonyl (C=O) groups excluding carboxylic acids is 1. The Bertz CT molecular complexity index is 600. The molecule has 0 aromatic heterocycles. The lowest BCUT2D eigenvalue weighted by atomic mass is 9.98. The van der Waals surface area contributed by atoms with Crippen molar-refractivity contribution in [1.29, 1.82) is 0 Å². The molecule has 2 nitrogen and oxygen atoms in total. The molecule has 0 bridgehead atoms. The van der Waals surface area contributed by atoms with Crippen LogP contribution in [0.2, 0.25) is 0 Å². The van der Waals surface area contributed by atoms with Gasteiger partial charge in [-0.25, -0.2) is 0 Å². The molecule has 0 aliphatic rings. The number of aryl methyl sites for hydroxylation is 2. The molecule has 0 aliphatic heterocycles. The van der Waals surface area contributed by atoms with Crippen LogP contribution in [0.15, 0.2) is 40.9 Å². The summed E-state index contributed by atoms with van der Waals surface area (Å²) in [5, 5.41) is 0. The Hall–Kier alpha value is -1.61. The summed E-state index contributed by atoms with van der Waals surface area (Å²) in [7, 11) is 0. The Kier molecular flexibility index (Phi) is 3.53. The van der Waals surface area contributed by atoms with Gasteiger partial charge < -0.3 is 5.73 Å². The molecule has 92 valence electrons. The zero-order chi connectivity index (χ0) is 13.3. The summed E-state index contributed by atoms with van der Waals surface area (Å²) < 4.78 is 0.851. The lowest BCUT2D eigenvalue weighted by Crippen LogP contribution is -2.06. The van der Waals surface area contributed by atoms with E-state index in [0.717, 1.165) is 15.6 Å². The molecular formula is C15H14BrNO. The molecule has 0 fully saturated rings. The molecule has 0 spiro atoms. The SMILES string of the molecule is Cc1cc(C)cc(C(=O)c2cc(Br)ccc2N)c1. The molecule has 0 aliphatic carbocycles. The molecule has 18 heavy (non-hydrogen) atoms. The third-order valence-electron chi connectivity index (χ3n) is 2.74. The van der Waals surface area contributed by atoms with Crippen LogP contribution in [0.5, 0.6) is 0 Å². The highest BCUT2D eigenvalue weighted by Gasteiger charge is 2.13. The predicted molar refractivity (Wildman–Crippen MR) is 77.9 cm³/mol. The van der Waals surface area contributed by atoms with Gasteiger partial charge in [-0.3, -0.25) is 4.79 Å². The molecule has 3 heteroatoms. The normalized spacial score (nSPS) is 10.4. The number of nitrogen functional groups attached to an aromatic ring is 1.